The number of rotatable bonds is 7. The van der Waals surface area contributed by atoms with E-state index in [1.165, 1.54) is 24.1 Å². The highest BCUT2D eigenvalue weighted by Crippen LogP contribution is 2.30. The number of hydrogen-bond acceptors (Lipinski definition) is 5. The van der Waals surface area contributed by atoms with Crippen molar-refractivity contribution in [2.45, 2.75) is 30.7 Å². The number of halogens is 3. The molecule has 1 atom stereocenters. The normalized spacial score (nSPS) is 18.0. The largest absolute Gasteiger partial charge is 0.491 e. The van der Waals surface area contributed by atoms with Crippen LogP contribution in [0.3, 0.4) is 0 Å². The van der Waals surface area contributed by atoms with Crippen molar-refractivity contribution in [2.24, 2.45) is 0 Å². The van der Waals surface area contributed by atoms with Crippen molar-refractivity contribution in [3.05, 3.63) is 29.8 Å². The Labute approximate surface area is 156 Å². The standard InChI is InChI=1S/C18H25F3N2O4/c1-23(16(25)17(26-2)7-9-22-10-8-17)11-14(24)12-27-15-5-3-13(4-6-15)18(19,20)21/h3-6,14,22,24H,7-12H2,1-2H3. The topological polar surface area (TPSA) is 71.0 Å². The van der Waals surface area contributed by atoms with Gasteiger partial charge in [-0.05, 0) is 50.2 Å². The van der Waals surface area contributed by atoms with Gasteiger partial charge in [0, 0.05) is 20.7 Å². The van der Waals surface area contributed by atoms with Crippen molar-refractivity contribution >= 4 is 5.91 Å². The van der Waals surface area contributed by atoms with E-state index >= 15 is 0 Å². The van der Waals surface area contributed by atoms with Crippen LogP contribution in [0.5, 0.6) is 5.75 Å². The summed E-state index contributed by atoms with van der Waals surface area (Å²) in [6.45, 7) is 1.22. The fraction of sp³-hybridized carbons (Fsp3) is 0.611. The second-order valence-corrected chi connectivity index (χ2v) is 6.62. The molecule has 6 nitrogen and oxygen atoms in total. The van der Waals surface area contributed by atoms with Crippen LogP contribution in [-0.2, 0) is 15.7 Å². The third-order valence-electron chi connectivity index (χ3n) is 4.65. The van der Waals surface area contributed by atoms with Gasteiger partial charge in [0.2, 0.25) is 0 Å². The van der Waals surface area contributed by atoms with Gasteiger partial charge in [-0.3, -0.25) is 4.79 Å². The van der Waals surface area contributed by atoms with E-state index in [0.29, 0.717) is 25.9 Å². The van der Waals surface area contributed by atoms with Gasteiger partial charge in [0.05, 0.1) is 5.56 Å². The Morgan fingerprint density at radius 2 is 1.89 bits per heavy atom. The average Bonchev–Trinajstić information content (AvgIpc) is 2.65. The maximum absolute atomic E-state index is 12.7. The molecule has 2 N–H and O–H groups in total. The molecule has 0 radical (unpaired) electrons. The molecule has 152 valence electrons. The molecule has 0 saturated carbocycles. The number of amides is 1. The first-order valence-electron chi connectivity index (χ1n) is 8.67. The Morgan fingerprint density at radius 3 is 2.41 bits per heavy atom. The highest BCUT2D eigenvalue weighted by molar-refractivity contribution is 5.85. The monoisotopic (exact) mass is 390 g/mol. The van der Waals surface area contributed by atoms with E-state index < -0.39 is 23.4 Å². The van der Waals surface area contributed by atoms with Gasteiger partial charge in [0.1, 0.15) is 24.1 Å². The van der Waals surface area contributed by atoms with Crippen LogP contribution in [0.4, 0.5) is 13.2 Å². The quantitative estimate of drug-likeness (QED) is 0.741. The first-order valence-corrected chi connectivity index (χ1v) is 8.67. The van der Waals surface area contributed by atoms with Gasteiger partial charge < -0.3 is 24.8 Å². The molecule has 1 aromatic carbocycles. The Hall–Kier alpha value is -1.84. The molecule has 1 aliphatic rings. The Kier molecular flexibility index (Phi) is 7.07. The van der Waals surface area contributed by atoms with E-state index in [-0.39, 0.29) is 24.8 Å². The molecule has 9 heteroatoms. The number of aliphatic hydroxyl groups is 1. The fourth-order valence-corrected chi connectivity index (χ4v) is 3.07. The van der Waals surface area contributed by atoms with Gasteiger partial charge in [0.15, 0.2) is 0 Å². The number of alkyl halides is 3. The smallest absolute Gasteiger partial charge is 0.416 e. The molecule has 1 saturated heterocycles. The zero-order valence-corrected chi connectivity index (χ0v) is 15.4. The zero-order valence-electron chi connectivity index (χ0n) is 15.4. The number of aliphatic hydroxyl groups excluding tert-OH is 1. The Bertz CT molecular complexity index is 616. The molecule has 1 amide bonds. The van der Waals surface area contributed by atoms with E-state index in [4.69, 9.17) is 9.47 Å². The summed E-state index contributed by atoms with van der Waals surface area (Å²) in [4.78, 5) is 14.1. The highest BCUT2D eigenvalue weighted by atomic mass is 19.4. The van der Waals surface area contributed by atoms with Crippen molar-refractivity contribution in [3.8, 4) is 5.75 Å². The average molecular weight is 390 g/mol. The number of carbonyl (C=O) groups excluding carboxylic acids is 1. The van der Waals surface area contributed by atoms with E-state index in [1.807, 2.05) is 0 Å². The van der Waals surface area contributed by atoms with Gasteiger partial charge in [-0.15, -0.1) is 0 Å². The third kappa shape index (κ3) is 5.57. The number of nitrogens with one attached hydrogen (secondary N) is 1. The molecule has 1 aromatic rings. The summed E-state index contributed by atoms with van der Waals surface area (Å²) in [7, 11) is 3.08. The van der Waals surface area contributed by atoms with E-state index in [9.17, 15) is 23.1 Å². The van der Waals surface area contributed by atoms with Crippen LogP contribution in [-0.4, -0.2) is 68.0 Å². The number of carbonyl (C=O) groups is 1. The summed E-state index contributed by atoms with van der Waals surface area (Å²) >= 11 is 0. The van der Waals surface area contributed by atoms with Crippen LogP contribution in [0, 0.1) is 0 Å². The van der Waals surface area contributed by atoms with Gasteiger partial charge in [-0.25, -0.2) is 0 Å². The summed E-state index contributed by atoms with van der Waals surface area (Å²) in [5.74, 6) is 0.00262. The number of nitrogens with zero attached hydrogens (tertiary/aromatic N) is 1. The molecule has 0 bridgehead atoms. The molecule has 0 aromatic heterocycles. The van der Waals surface area contributed by atoms with Gasteiger partial charge in [-0.1, -0.05) is 0 Å². The fourth-order valence-electron chi connectivity index (χ4n) is 3.07. The first-order chi connectivity index (χ1) is 12.7. The number of likely N-dealkylation sites (N-methyl/N-ethyl adjacent to an activating group) is 1. The van der Waals surface area contributed by atoms with Crippen molar-refractivity contribution < 1.29 is 32.5 Å². The minimum atomic E-state index is -4.41. The molecule has 1 unspecified atom stereocenters. The minimum Gasteiger partial charge on any atom is -0.491 e. The minimum absolute atomic E-state index is 0.0258. The SMILES string of the molecule is COC1(C(=O)N(C)CC(O)COc2ccc(C(F)(F)F)cc2)CCNCC1. The van der Waals surface area contributed by atoms with Crippen molar-refractivity contribution in [1.82, 2.24) is 10.2 Å². The number of piperidine rings is 1. The second kappa shape index (κ2) is 8.90. The molecule has 27 heavy (non-hydrogen) atoms. The van der Waals surface area contributed by atoms with Gasteiger partial charge >= 0.3 is 6.18 Å². The predicted octanol–water partition coefficient (Wildman–Crippen LogP) is 1.67. The lowest BCUT2D eigenvalue weighted by atomic mass is 9.90. The van der Waals surface area contributed by atoms with E-state index in [1.54, 1.807) is 7.05 Å². The van der Waals surface area contributed by atoms with Crippen molar-refractivity contribution in [1.29, 1.82) is 0 Å². The lowest BCUT2D eigenvalue weighted by Crippen LogP contribution is -2.55. The van der Waals surface area contributed by atoms with Gasteiger partial charge in [-0.2, -0.15) is 13.2 Å². The van der Waals surface area contributed by atoms with Crippen LogP contribution < -0.4 is 10.1 Å². The number of hydrogen-bond donors (Lipinski definition) is 2. The zero-order chi connectivity index (χ0) is 20.1. The summed E-state index contributed by atoms with van der Waals surface area (Å²) in [5, 5.41) is 13.3. The number of ether oxygens (including phenoxy) is 2. The Morgan fingerprint density at radius 1 is 1.30 bits per heavy atom. The molecule has 1 heterocycles. The van der Waals surface area contributed by atoms with Crippen LogP contribution >= 0.6 is 0 Å². The molecular weight excluding hydrogens is 365 g/mol. The maximum atomic E-state index is 12.7. The highest BCUT2D eigenvalue weighted by Gasteiger charge is 2.41. The molecule has 1 aliphatic heterocycles. The van der Waals surface area contributed by atoms with Crippen molar-refractivity contribution in [3.63, 3.8) is 0 Å². The van der Waals surface area contributed by atoms with Crippen LogP contribution in [0.2, 0.25) is 0 Å². The summed E-state index contributed by atoms with van der Waals surface area (Å²) < 4.78 is 48.4. The number of benzene rings is 1. The maximum Gasteiger partial charge on any atom is 0.416 e. The molecule has 0 aliphatic carbocycles. The van der Waals surface area contributed by atoms with E-state index in [0.717, 1.165) is 12.1 Å². The molecule has 0 spiro atoms. The second-order valence-electron chi connectivity index (χ2n) is 6.62. The third-order valence-corrected chi connectivity index (χ3v) is 4.65. The molecule has 1 fully saturated rings. The van der Waals surface area contributed by atoms with Crippen LogP contribution in [0.15, 0.2) is 24.3 Å². The Balaban J connectivity index is 1.85. The lowest BCUT2D eigenvalue weighted by Gasteiger charge is -2.38. The lowest BCUT2D eigenvalue weighted by molar-refractivity contribution is -0.158. The van der Waals surface area contributed by atoms with Gasteiger partial charge in [0.25, 0.3) is 5.91 Å². The van der Waals surface area contributed by atoms with Crippen molar-refractivity contribution in [2.75, 3.05) is 40.4 Å². The molecular formula is C18H25F3N2O4. The van der Waals surface area contributed by atoms with Crippen LogP contribution in [0.25, 0.3) is 0 Å². The van der Waals surface area contributed by atoms with E-state index in [2.05, 4.69) is 5.32 Å². The summed E-state index contributed by atoms with van der Waals surface area (Å²) in [5.41, 5.74) is -1.67. The van der Waals surface area contributed by atoms with Crippen LogP contribution in [0.1, 0.15) is 18.4 Å². The summed E-state index contributed by atoms with van der Waals surface area (Å²) in [6, 6.07) is 4.21. The predicted molar refractivity (Wildman–Crippen MR) is 92.4 cm³/mol. The summed E-state index contributed by atoms with van der Waals surface area (Å²) in [6.07, 6.45) is -4.31. The first kappa shape index (κ1) is 21.5. The number of methoxy groups -OCH3 is 1. The molecule has 2 rings (SSSR count).